The van der Waals surface area contributed by atoms with Crippen molar-refractivity contribution in [3.8, 4) is 17.5 Å². The average Bonchev–Trinajstić information content (AvgIpc) is 3.24. The molecule has 0 saturated carbocycles. The second-order valence-corrected chi connectivity index (χ2v) is 7.31. The molecule has 1 aromatic carbocycles. The Morgan fingerprint density at radius 2 is 2.08 bits per heavy atom. The first kappa shape index (κ1) is 17.3. The number of aromatic nitrogens is 4. The van der Waals surface area contributed by atoms with Crippen molar-refractivity contribution in [2.75, 3.05) is 5.75 Å². The number of carbonyl (C=O) groups excluding carboxylic acids is 1. The van der Waals surface area contributed by atoms with E-state index in [1.165, 1.54) is 28.7 Å². The molecule has 25 heavy (non-hydrogen) atoms. The predicted octanol–water partition coefficient (Wildman–Crippen LogP) is 3.51. The maximum Gasteiger partial charge on any atom is 0.209 e. The number of nitrogens with one attached hydrogen (secondary N) is 1. The molecule has 0 fully saturated rings. The third-order valence-electron chi connectivity index (χ3n) is 3.47. The van der Waals surface area contributed by atoms with Gasteiger partial charge in [-0.2, -0.15) is 5.26 Å². The van der Waals surface area contributed by atoms with Gasteiger partial charge < -0.3 is 0 Å². The van der Waals surface area contributed by atoms with Crippen LogP contribution in [0.5, 0.6) is 0 Å². The minimum Gasteiger partial charge on any atom is -0.297 e. The van der Waals surface area contributed by atoms with Crippen LogP contribution in [0.2, 0.25) is 0 Å². The molecule has 8 heteroatoms. The number of nitriles is 1. The van der Waals surface area contributed by atoms with Gasteiger partial charge in [-0.15, -0.1) is 16.4 Å². The van der Waals surface area contributed by atoms with Crippen LogP contribution in [0.4, 0.5) is 0 Å². The van der Waals surface area contributed by atoms with Crippen molar-refractivity contribution < 1.29 is 4.79 Å². The number of hydrogen-bond donors (Lipinski definition) is 1. The quantitative estimate of drug-likeness (QED) is 0.668. The summed E-state index contributed by atoms with van der Waals surface area (Å²) in [7, 11) is 0. The summed E-state index contributed by atoms with van der Waals surface area (Å²) in [6.45, 7) is 3.86. The lowest BCUT2D eigenvalue weighted by Gasteiger charge is -2.03. The molecule has 3 rings (SSSR count). The molecule has 0 aliphatic carbocycles. The highest BCUT2D eigenvalue weighted by atomic mass is 32.2. The lowest BCUT2D eigenvalue weighted by molar-refractivity contribution is -0.116. The number of Topliss-reactive ketones (excluding diaryl/α,β-unsaturated/α-hetero) is 1. The summed E-state index contributed by atoms with van der Waals surface area (Å²) in [5.74, 6) is -0.241. The summed E-state index contributed by atoms with van der Waals surface area (Å²) in [6, 6.07) is 9.97. The molecule has 0 unspecified atom stereocenters. The van der Waals surface area contributed by atoms with Crippen LogP contribution in [-0.2, 0) is 4.79 Å². The molecule has 0 radical (unpaired) electrons. The summed E-state index contributed by atoms with van der Waals surface area (Å²) < 4.78 is 0. The Balaban J connectivity index is 1.64. The molecule has 3 aromatic rings. The van der Waals surface area contributed by atoms with Crippen molar-refractivity contribution in [3.05, 3.63) is 45.9 Å². The van der Waals surface area contributed by atoms with Gasteiger partial charge >= 0.3 is 0 Å². The van der Waals surface area contributed by atoms with E-state index in [2.05, 4.69) is 20.2 Å². The van der Waals surface area contributed by atoms with E-state index >= 15 is 0 Å². The number of thiazole rings is 1. The number of hydrogen-bond acceptors (Lipinski definition) is 7. The number of rotatable bonds is 6. The van der Waals surface area contributed by atoms with E-state index in [1.54, 1.807) is 0 Å². The summed E-state index contributed by atoms with van der Waals surface area (Å²) >= 11 is 2.55. The Labute approximate surface area is 153 Å². The Hall–Kier alpha value is -2.50. The molecule has 6 nitrogen and oxygen atoms in total. The molecular weight excluding hydrogens is 354 g/mol. The number of nitrogens with zero attached hydrogens (tertiary/aromatic N) is 4. The zero-order chi connectivity index (χ0) is 17.8. The molecule has 2 aromatic heterocycles. The fourth-order valence-corrected chi connectivity index (χ4v) is 3.71. The molecule has 0 saturated heterocycles. The number of aromatic amines is 1. The van der Waals surface area contributed by atoms with Crippen LogP contribution in [-0.4, -0.2) is 31.7 Å². The van der Waals surface area contributed by atoms with Crippen LogP contribution in [0, 0.1) is 25.2 Å². The fraction of sp³-hybridized carbons (Fsp3) is 0.235. The van der Waals surface area contributed by atoms with E-state index in [0.29, 0.717) is 16.0 Å². The molecular formula is C17H15N5OS2. The molecule has 0 spiro atoms. The van der Waals surface area contributed by atoms with Gasteiger partial charge in [-0.05, 0) is 13.8 Å². The smallest absolute Gasteiger partial charge is 0.209 e. The first-order chi connectivity index (χ1) is 12.1. The number of aryl methyl sites for hydroxylation is 2. The van der Waals surface area contributed by atoms with Gasteiger partial charge in [-0.3, -0.25) is 9.89 Å². The van der Waals surface area contributed by atoms with Crippen LogP contribution in [0.3, 0.4) is 0 Å². The van der Waals surface area contributed by atoms with Crippen LogP contribution in [0.1, 0.15) is 22.2 Å². The van der Waals surface area contributed by atoms with Crippen LogP contribution < -0.4 is 0 Å². The summed E-state index contributed by atoms with van der Waals surface area (Å²) in [5, 5.41) is 19.1. The third kappa shape index (κ3) is 4.13. The van der Waals surface area contributed by atoms with E-state index in [0.717, 1.165) is 11.3 Å². The fourth-order valence-electron chi connectivity index (χ4n) is 2.14. The van der Waals surface area contributed by atoms with Crippen molar-refractivity contribution in [3.63, 3.8) is 0 Å². The number of ketones is 1. The predicted molar refractivity (Wildman–Crippen MR) is 97.5 cm³/mol. The van der Waals surface area contributed by atoms with Crippen molar-refractivity contribution in [1.29, 1.82) is 5.26 Å². The molecule has 0 bridgehead atoms. The Morgan fingerprint density at radius 1 is 1.32 bits per heavy atom. The second kappa shape index (κ2) is 7.59. The van der Waals surface area contributed by atoms with E-state index in [1.807, 2.05) is 49.6 Å². The third-order valence-corrected chi connectivity index (χ3v) is 5.37. The van der Waals surface area contributed by atoms with E-state index in [-0.39, 0.29) is 11.5 Å². The lowest BCUT2D eigenvalue weighted by atomic mass is 10.1. The van der Waals surface area contributed by atoms with Crippen molar-refractivity contribution in [1.82, 2.24) is 20.2 Å². The number of benzene rings is 1. The standard InChI is InChI=1S/C17H15N5OS2/c1-10-3-5-12(6-4-10)15-20-17(22-21-15)25-9-14(23)13(7-18)16-19-11(2)8-24-16/h3-6,8,13H,9H2,1-2H3,(H,20,21,22)/t13-/m1/s1. The minimum absolute atomic E-state index is 0.127. The van der Waals surface area contributed by atoms with E-state index < -0.39 is 5.92 Å². The van der Waals surface area contributed by atoms with E-state index in [9.17, 15) is 10.1 Å². The highest BCUT2D eigenvalue weighted by molar-refractivity contribution is 7.99. The number of H-pyrrole nitrogens is 1. The zero-order valence-corrected chi connectivity index (χ0v) is 15.3. The van der Waals surface area contributed by atoms with E-state index in [4.69, 9.17) is 0 Å². The molecule has 1 N–H and O–H groups in total. The van der Waals surface area contributed by atoms with Gasteiger partial charge in [0.2, 0.25) is 5.16 Å². The maximum atomic E-state index is 12.3. The summed E-state index contributed by atoms with van der Waals surface area (Å²) in [5.41, 5.74) is 2.92. The molecule has 0 aliphatic heterocycles. The second-order valence-electron chi connectivity index (χ2n) is 5.48. The molecule has 0 amide bonds. The van der Waals surface area contributed by atoms with Crippen LogP contribution in [0.25, 0.3) is 11.4 Å². The average molecular weight is 369 g/mol. The lowest BCUT2D eigenvalue weighted by Crippen LogP contribution is -2.13. The molecule has 1 atom stereocenters. The van der Waals surface area contributed by atoms with Gasteiger partial charge in [0, 0.05) is 16.6 Å². The van der Waals surface area contributed by atoms with Gasteiger partial charge in [0.25, 0.3) is 0 Å². The van der Waals surface area contributed by atoms with Gasteiger partial charge in [-0.1, -0.05) is 41.6 Å². The molecule has 2 heterocycles. The molecule has 0 aliphatic rings. The number of thioether (sulfide) groups is 1. The first-order valence-corrected chi connectivity index (χ1v) is 9.40. The maximum absolute atomic E-state index is 12.3. The van der Waals surface area contributed by atoms with Crippen molar-refractivity contribution >= 4 is 28.9 Å². The number of carbonyl (C=O) groups is 1. The highest BCUT2D eigenvalue weighted by Crippen LogP contribution is 2.24. The zero-order valence-electron chi connectivity index (χ0n) is 13.7. The molecule has 126 valence electrons. The highest BCUT2D eigenvalue weighted by Gasteiger charge is 2.23. The van der Waals surface area contributed by atoms with Crippen LogP contribution >= 0.6 is 23.1 Å². The van der Waals surface area contributed by atoms with Gasteiger partial charge in [0.15, 0.2) is 17.5 Å². The minimum atomic E-state index is -0.832. The van der Waals surface area contributed by atoms with Crippen LogP contribution in [0.15, 0.2) is 34.8 Å². The van der Waals surface area contributed by atoms with Gasteiger partial charge in [0.1, 0.15) is 5.01 Å². The topological polar surface area (TPSA) is 95.3 Å². The summed E-state index contributed by atoms with van der Waals surface area (Å²) in [6.07, 6.45) is 0. The Morgan fingerprint density at radius 3 is 2.72 bits per heavy atom. The van der Waals surface area contributed by atoms with Crippen molar-refractivity contribution in [2.24, 2.45) is 0 Å². The Kier molecular flexibility index (Phi) is 5.26. The largest absolute Gasteiger partial charge is 0.297 e. The normalized spacial score (nSPS) is 11.9. The van der Waals surface area contributed by atoms with Gasteiger partial charge in [0.05, 0.1) is 11.8 Å². The first-order valence-electron chi connectivity index (χ1n) is 7.53. The Bertz CT molecular complexity index is 923. The monoisotopic (exact) mass is 369 g/mol. The van der Waals surface area contributed by atoms with Gasteiger partial charge in [-0.25, -0.2) is 9.97 Å². The summed E-state index contributed by atoms with van der Waals surface area (Å²) in [4.78, 5) is 21.0. The SMILES string of the molecule is Cc1ccc(-c2nc(SCC(=O)[C@@H](C#N)c3nc(C)cs3)n[nH]2)cc1. The van der Waals surface area contributed by atoms with Crippen molar-refractivity contribution in [2.45, 2.75) is 24.9 Å².